The lowest BCUT2D eigenvalue weighted by Gasteiger charge is -2.36. The van der Waals surface area contributed by atoms with Crippen LogP contribution in [0.5, 0.6) is 0 Å². The highest BCUT2D eigenvalue weighted by molar-refractivity contribution is 5.77. The van der Waals surface area contributed by atoms with Gasteiger partial charge in [0.15, 0.2) is 0 Å². The van der Waals surface area contributed by atoms with E-state index in [0.717, 1.165) is 38.6 Å². The summed E-state index contributed by atoms with van der Waals surface area (Å²) in [7, 11) is 0. The SMILES string of the molecule is CC(C)CN1CCN(CC(C)C(=O)NN)CC1. The fourth-order valence-electron chi connectivity index (χ4n) is 2.28. The molecular weight excluding hydrogens is 216 g/mol. The molecule has 3 N–H and O–H groups in total. The summed E-state index contributed by atoms with van der Waals surface area (Å²) in [6.45, 7) is 12.7. The van der Waals surface area contributed by atoms with E-state index in [9.17, 15) is 4.79 Å². The van der Waals surface area contributed by atoms with Crippen LogP contribution in [0.4, 0.5) is 0 Å². The monoisotopic (exact) mass is 242 g/mol. The summed E-state index contributed by atoms with van der Waals surface area (Å²) in [6.07, 6.45) is 0. The lowest BCUT2D eigenvalue weighted by Crippen LogP contribution is -2.50. The topological polar surface area (TPSA) is 61.6 Å². The van der Waals surface area contributed by atoms with Crippen LogP contribution >= 0.6 is 0 Å². The van der Waals surface area contributed by atoms with E-state index in [0.29, 0.717) is 0 Å². The van der Waals surface area contributed by atoms with Crippen LogP contribution in [0, 0.1) is 11.8 Å². The number of nitrogens with one attached hydrogen (secondary N) is 1. The zero-order valence-electron chi connectivity index (χ0n) is 11.3. The molecule has 1 saturated heterocycles. The predicted octanol–water partition coefficient (Wildman–Crippen LogP) is -0.114. The average molecular weight is 242 g/mol. The summed E-state index contributed by atoms with van der Waals surface area (Å²) in [5.74, 6) is 5.75. The molecule has 1 atom stereocenters. The number of piperazine rings is 1. The Morgan fingerprint density at radius 1 is 1.12 bits per heavy atom. The van der Waals surface area contributed by atoms with E-state index in [-0.39, 0.29) is 11.8 Å². The van der Waals surface area contributed by atoms with Gasteiger partial charge in [0.1, 0.15) is 0 Å². The van der Waals surface area contributed by atoms with E-state index in [1.807, 2.05) is 6.92 Å². The number of carbonyl (C=O) groups is 1. The van der Waals surface area contributed by atoms with Gasteiger partial charge in [-0.1, -0.05) is 20.8 Å². The van der Waals surface area contributed by atoms with Crippen LogP contribution in [0.1, 0.15) is 20.8 Å². The van der Waals surface area contributed by atoms with Gasteiger partial charge in [-0.15, -0.1) is 0 Å². The van der Waals surface area contributed by atoms with E-state index >= 15 is 0 Å². The normalized spacial score (nSPS) is 20.5. The van der Waals surface area contributed by atoms with Crippen molar-refractivity contribution in [3.63, 3.8) is 0 Å². The lowest BCUT2D eigenvalue weighted by molar-refractivity contribution is -0.125. The minimum Gasteiger partial charge on any atom is -0.301 e. The van der Waals surface area contributed by atoms with Gasteiger partial charge in [-0.05, 0) is 5.92 Å². The minimum atomic E-state index is -0.0744. The number of carbonyl (C=O) groups excluding carboxylic acids is 1. The Balaban J connectivity index is 2.25. The van der Waals surface area contributed by atoms with Crippen LogP contribution in [0.2, 0.25) is 0 Å². The van der Waals surface area contributed by atoms with Crippen molar-refractivity contribution in [3.8, 4) is 0 Å². The summed E-state index contributed by atoms with van der Waals surface area (Å²) in [5, 5.41) is 0. The Labute approximate surface area is 104 Å². The molecule has 1 fully saturated rings. The molecule has 0 aromatic heterocycles. The van der Waals surface area contributed by atoms with Crippen molar-refractivity contribution in [1.29, 1.82) is 0 Å². The maximum atomic E-state index is 11.3. The van der Waals surface area contributed by atoms with Gasteiger partial charge in [0, 0.05) is 45.2 Å². The first-order valence-corrected chi connectivity index (χ1v) is 6.48. The van der Waals surface area contributed by atoms with Crippen LogP contribution in [0.3, 0.4) is 0 Å². The van der Waals surface area contributed by atoms with Crippen LogP contribution in [0.15, 0.2) is 0 Å². The second kappa shape index (κ2) is 6.93. The number of nitrogens with zero attached hydrogens (tertiary/aromatic N) is 2. The number of amides is 1. The highest BCUT2D eigenvalue weighted by Crippen LogP contribution is 2.07. The summed E-state index contributed by atoms with van der Waals surface area (Å²) in [4.78, 5) is 16.2. The summed E-state index contributed by atoms with van der Waals surface area (Å²) in [6, 6.07) is 0. The zero-order chi connectivity index (χ0) is 12.8. The first kappa shape index (κ1) is 14.4. The molecule has 0 aromatic rings. The van der Waals surface area contributed by atoms with Crippen molar-refractivity contribution in [2.24, 2.45) is 17.7 Å². The quantitative estimate of drug-likeness (QED) is 0.401. The molecule has 1 aliphatic heterocycles. The third kappa shape index (κ3) is 5.02. The van der Waals surface area contributed by atoms with Crippen LogP contribution in [0.25, 0.3) is 0 Å². The molecule has 1 unspecified atom stereocenters. The Kier molecular flexibility index (Phi) is 5.88. The molecule has 1 heterocycles. The summed E-state index contributed by atoms with van der Waals surface area (Å²) < 4.78 is 0. The molecule has 1 aliphatic rings. The van der Waals surface area contributed by atoms with Crippen molar-refractivity contribution in [3.05, 3.63) is 0 Å². The van der Waals surface area contributed by atoms with Crippen molar-refractivity contribution >= 4 is 5.91 Å². The second-order valence-corrected chi connectivity index (χ2v) is 5.40. The van der Waals surface area contributed by atoms with Gasteiger partial charge >= 0.3 is 0 Å². The van der Waals surface area contributed by atoms with E-state index < -0.39 is 0 Å². The molecule has 100 valence electrons. The van der Waals surface area contributed by atoms with E-state index in [4.69, 9.17) is 5.84 Å². The van der Waals surface area contributed by atoms with E-state index in [1.54, 1.807) is 0 Å². The largest absolute Gasteiger partial charge is 0.301 e. The molecule has 0 aromatic carbocycles. The summed E-state index contributed by atoms with van der Waals surface area (Å²) in [5.41, 5.74) is 2.21. The second-order valence-electron chi connectivity index (χ2n) is 5.40. The molecule has 0 bridgehead atoms. The third-order valence-electron chi connectivity index (χ3n) is 3.21. The molecule has 0 aliphatic carbocycles. The van der Waals surface area contributed by atoms with Gasteiger partial charge in [0.05, 0.1) is 0 Å². The maximum Gasteiger partial charge on any atom is 0.237 e. The first-order valence-electron chi connectivity index (χ1n) is 6.48. The fourth-order valence-corrected chi connectivity index (χ4v) is 2.28. The van der Waals surface area contributed by atoms with Gasteiger partial charge in [0.2, 0.25) is 5.91 Å². The molecule has 1 rings (SSSR count). The standard InChI is InChI=1S/C12H26N4O/c1-10(2)8-15-4-6-16(7-5-15)9-11(3)12(17)14-13/h10-11H,4-9,13H2,1-3H3,(H,14,17). The van der Waals surface area contributed by atoms with Crippen molar-refractivity contribution in [1.82, 2.24) is 15.2 Å². The van der Waals surface area contributed by atoms with Crippen molar-refractivity contribution in [2.45, 2.75) is 20.8 Å². The van der Waals surface area contributed by atoms with Gasteiger partial charge in [-0.3, -0.25) is 10.2 Å². The van der Waals surface area contributed by atoms with Gasteiger partial charge in [-0.25, -0.2) is 5.84 Å². The lowest BCUT2D eigenvalue weighted by atomic mass is 10.1. The molecule has 5 nitrogen and oxygen atoms in total. The van der Waals surface area contributed by atoms with Gasteiger partial charge in [0.25, 0.3) is 0 Å². The number of rotatable bonds is 5. The van der Waals surface area contributed by atoms with Crippen LogP contribution in [-0.2, 0) is 4.79 Å². The number of hydrogen-bond acceptors (Lipinski definition) is 4. The molecule has 0 spiro atoms. The molecule has 17 heavy (non-hydrogen) atoms. The average Bonchev–Trinajstić information content (AvgIpc) is 2.30. The molecule has 5 heteroatoms. The predicted molar refractivity (Wildman–Crippen MR) is 69.2 cm³/mol. The summed E-state index contributed by atoms with van der Waals surface area (Å²) >= 11 is 0. The third-order valence-corrected chi connectivity index (χ3v) is 3.21. The van der Waals surface area contributed by atoms with E-state index in [1.165, 1.54) is 6.54 Å². The maximum absolute atomic E-state index is 11.3. The first-order chi connectivity index (χ1) is 8.02. The van der Waals surface area contributed by atoms with Gasteiger partial charge < -0.3 is 9.80 Å². The highest BCUT2D eigenvalue weighted by atomic mass is 16.2. The number of nitrogens with two attached hydrogens (primary N) is 1. The number of hydrazine groups is 1. The van der Waals surface area contributed by atoms with Crippen molar-refractivity contribution in [2.75, 3.05) is 39.3 Å². The smallest absolute Gasteiger partial charge is 0.237 e. The Bertz CT molecular complexity index is 237. The highest BCUT2D eigenvalue weighted by Gasteiger charge is 2.21. The minimum absolute atomic E-state index is 0.0309. The molecule has 1 amide bonds. The van der Waals surface area contributed by atoms with Crippen molar-refractivity contribution < 1.29 is 4.79 Å². The number of hydrogen-bond donors (Lipinski definition) is 2. The van der Waals surface area contributed by atoms with Gasteiger partial charge in [-0.2, -0.15) is 0 Å². The fraction of sp³-hybridized carbons (Fsp3) is 0.917. The van der Waals surface area contributed by atoms with Crippen LogP contribution in [-0.4, -0.2) is 55.0 Å². The molecular formula is C12H26N4O. The van der Waals surface area contributed by atoms with E-state index in [2.05, 4.69) is 29.1 Å². The zero-order valence-corrected chi connectivity index (χ0v) is 11.3. The molecule has 0 radical (unpaired) electrons. The Hall–Kier alpha value is -0.650. The molecule has 0 saturated carbocycles. The Morgan fingerprint density at radius 3 is 2.00 bits per heavy atom. The Morgan fingerprint density at radius 2 is 1.59 bits per heavy atom. The van der Waals surface area contributed by atoms with Crippen LogP contribution < -0.4 is 11.3 Å².